The Morgan fingerprint density at radius 3 is 2.65 bits per heavy atom. The standard InChI is InChI=1S/C20H19N5O4S2/c1-28-13-6-7-14-16(12-13)21-19(24-20-22-15-4-2-3-5-17(15)30-20)23-18(14)31(26,27)25-8-10-29-11-9-25/h2-7,12H,8-11H2,1H3,(H,21,22,23,24). The highest BCUT2D eigenvalue weighted by atomic mass is 32.2. The molecular formula is C20H19N5O4S2. The molecule has 0 saturated carbocycles. The molecule has 2 aromatic heterocycles. The lowest BCUT2D eigenvalue weighted by Gasteiger charge is -2.26. The van der Waals surface area contributed by atoms with Gasteiger partial charge in [-0.15, -0.1) is 0 Å². The number of benzene rings is 2. The number of rotatable bonds is 5. The lowest BCUT2D eigenvalue weighted by molar-refractivity contribution is 0.0729. The largest absolute Gasteiger partial charge is 0.497 e. The molecule has 1 saturated heterocycles. The van der Waals surface area contributed by atoms with Gasteiger partial charge in [-0.25, -0.2) is 18.4 Å². The fourth-order valence-electron chi connectivity index (χ4n) is 3.39. The maximum Gasteiger partial charge on any atom is 0.261 e. The molecule has 1 aliphatic heterocycles. The summed E-state index contributed by atoms with van der Waals surface area (Å²) in [5.41, 5.74) is 1.31. The van der Waals surface area contributed by atoms with E-state index in [4.69, 9.17) is 9.47 Å². The van der Waals surface area contributed by atoms with Gasteiger partial charge in [0.05, 0.1) is 36.1 Å². The van der Waals surface area contributed by atoms with Crippen LogP contribution in [0.1, 0.15) is 0 Å². The molecule has 0 bridgehead atoms. The quantitative estimate of drug-likeness (QED) is 0.456. The second kappa shape index (κ2) is 8.00. The van der Waals surface area contributed by atoms with E-state index in [1.165, 1.54) is 15.6 Å². The fourth-order valence-corrected chi connectivity index (χ4v) is 5.78. The van der Waals surface area contributed by atoms with Crippen molar-refractivity contribution in [2.45, 2.75) is 5.03 Å². The number of hydrogen-bond donors (Lipinski definition) is 1. The Hall–Kier alpha value is -2.86. The summed E-state index contributed by atoms with van der Waals surface area (Å²) in [6.45, 7) is 1.27. The van der Waals surface area contributed by atoms with Crippen molar-refractivity contribution in [2.24, 2.45) is 0 Å². The van der Waals surface area contributed by atoms with E-state index in [-0.39, 0.29) is 24.1 Å². The average Bonchev–Trinajstić information content (AvgIpc) is 3.21. The van der Waals surface area contributed by atoms with Crippen molar-refractivity contribution in [1.29, 1.82) is 0 Å². The summed E-state index contributed by atoms with van der Waals surface area (Å²) < 4.78 is 39.8. The van der Waals surface area contributed by atoms with E-state index in [0.717, 1.165) is 10.2 Å². The van der Waals surface area contributed by atoms with E-state index in [9.17, 15) is 8.42 Å². The van der Waals surface area contributed by atoms with Crippen LogP contribution < -0.4 is 10.1 Å². The molecule has 1 N–H and O–H groups in total. The van der Waals surface area contributed by atoms with Crippen LogP contribution in [0.4, 0.5) is 11.1 Å². The molecule has 2 aromatic carbocycles. The molecule has 31 heavy (non-hydrogen) atoms. The first-order valence-electron chi connectivity index (χ1n) is 9.61. The third-order valence-corrected chi connectivity index (χ3v) is 7.73. The Bertz CT molecular complexity index is 1330. The van der Waals surface area contributed by atoms with Crippen molar-refractivity contribution in [2.75, 3.05) is 38.7 Å². The summed E-state index contributed by atoms with van der Waals surface area (Å²) in [7, 11) is -2.29. The minimum atomic E-state index is -3.84. The van der Waals surface area contributed by atoms with Gasteiger partial charge >= 0.3 is 0 Å². The zero-order valence-corrected chi connectivity index (χ0v) is 18.2. The Balaban J connectivity index is 1.62. The smallest absolute Gasteiger partial charge is 0.261 e. The first-order valence-corrected chi connectivity index (χ1v) is 11.9. The number of morpholine rings is 1. The number of hydrogen-bond acceptors (Lipinski definition) is 9. The molecule has 11 heteroatoms. The van der Waals surface area contributed by atoms with Gasteiger partial charge in [-0.3, -0.25) is 5.32 Å². The monoisotopic (exact) mass is 457 g/mol. The molecule has 1 fully saturated rings. The van der Waals surface area contributed by atoms with E-state index in [1.807, 2.05) is 24.3 Å². The van der Waals surface area contributed by atoms with Crippen LogP contribution in [0, 0.1) is 0 Å². The molecule has 4 aromatic rings. The summed E-state index contributed by atoms with van der Waals surface area (Å²) in [4.78, 5) is 13.5. The maximum atomic E-state index is 13.4. The number of anilines is 2. The molecule has 0 radical (unpaired) electrons. The Morgan fingerprint density at radius 2 is 1.87 bits per heavy atom. The van der Waals surface area contributed by atoms with Crippen LogP contribution in [0.25, 0.3) is 21.1 Å². The van der Waals surface area contributed by atoms with Gasteiger partial charge in [-0.2, -0.15) is 9.29 Å². The molecule has 0 spiro atoms. The maximum absolute atomic E-state index is 13.4. The second-order valence-electron chi connectivity index (χ2n) is 6.86. The molecule has 5 rings (SSSR count). The summed E-state index contributed by atoms with van der Waals surface area (Å²) in [6.07, 6.45) is 0. The molecule has 0 unspecified atom stereocenters. The van der Waals surface area contributed by atoms with Crippen LogP contribution in [0.2, 0.25) is 0 Å². The third-order valence-electron chi connectivity index (χ3n) is 4.94. The summed E-state index contributed by atoms with van der Waals surface area (Å²) in [5, 5.41) is 4.04. The van der Waals surface area contributed by atoms with Crippen LogP contribution >= 0.6 is 11.3 Å². The van der Waals surface area contributed by atoms with Crippen LogP contribution in [-0.2, 0) is 14.8 Å². The number of nitrogens with zero attached hydrogens (tertiary/aromatic N) is 4. The zero-order valence-electron chi connectivity index (χ0n) is 16.6. The average molecular weight is 458 g/mol. The topological polar surface area (TPSA) is 107 Å². The van der Waals surface area contributed by atoms with Gasteiger partial charge in [0.2, 0.25) is 5.95 Å². The van der Waals surface area contributed by atoms with Crippen molar-refractivity contribution in [3.8, 4) is 5.75 Å². The fraction of sp³-hybridized carbons (Fsp3) is 0.250. The van der Waals surface area contributed by atoms with Gasteiger partial charge in [0.15, 0.2) is 10.2 Å². The van der Waals surface area contributed by atoms with Gasteiger partial charge < -0.3 is 9.47 Å². The van der Waals surface area contributed by atoms with Crippen molar-refractivity contribution < 1.29 is 17.9 Å². The number of sulfonamides is 1. The first-order chi connectivity index (χ1) is 15.0. The highest BCUT2D eigenvalue weighted by Crippen LogP contribution is 2.31. The summed E-state index contributed by atoms with van der Waals surface area (Å²) in [5.74, 6) is 0.735. The molecule has 0 aliphatic carbocycles. The summed E-state index contributed by atoms with van der Waals surface area (Å²) >= 11 is 1.44. The predicted molar refractivity (Wildman–Crippen MR) is 119 cm³/mol. The van der Waals surface area contributed by atoms with Crippen LogP contribution in [0.3, 0.4) is 0 Å². The molecular weight excluding hydrogens is 438 g/mol. The first kappa shape index (κ1) is 20.1. The van der Waals surface area contributed by atoms with Gasteiger partial charge in [-0.05, 0) is 24.3 Å². The lowest BCUT2D eigenvalue weighted by atomic mass is 10.2. The van der Waals surface area contributed by atoms with Crippen molar-refractivity contribution in [3.63, 3.8) is 0 Å². The van der Waals surface area contributed by atoms with E-state index >= 15 is 0 Å². The Labute approximate surface area is 182 Å². The number of para-hydroxylation sites is 1. The van der Waals surface area contributed by atoms with Crippen molar-refractivity contribution in [1.82, 2.24) is 19.3 Å². The second-order valence-corrected chi connectivity index (χ2v) is 9.75. The zero-order chi connectivity index (χ0) is 21.4. The summed E-state index contributed by atoms with van der Waals surface area (Å²) in [6, 6.07) is 12.8. The highest BCUT2D eigenvalue weighted by molar-refractivity contribution is 7.89. The van der Waals surface area contributed by atoms with E-state index in [1.54, 1.807) is 25.3 Å². The normalized spacial score (nSPS) is 15.4. The molecule has 9 nitrogen and oxygen atoms in total. The number of fused-ring (bicyclic) bond motifs is 2. The minimum Gasteiger partial charge on any atom is -0.497 e. The van der Waals surface area contributed by atoms with Crippen LogP contribution in [-0.4, -0.2) is 61.1 Å². The van der Waals surface area contributed by atoms with Crippen LogP contribution in [0.5, 0.6) is 5.75 Å². The molecule has 160 valence electrons. The van der Waals surface area contributed by atoms with Gasteiger partial charge in [0.1, 0.15) is 5.75 Å². The van der Waals surface area contributed by atoms with Crippen molar-refractivity contribution in [3.05, 3.63) is 42.5 Å². The highest BCUT2D eigenvalue weighted by Gasteiger charge is 2.30. The number of nitrogens with one attached hydrogen (secondary N) is 1. The van der Waals surface area contributed by atoms with Gasteiger partial charge in [0, 0.05) is 24.5 Å². The number of methoxy groups -OCH3 is 1. The predicted octanol–water partition coefficient (Wildman–Crippen LogP) is 3.01. The van der Waals surface area contributed by atoms with Gasteiger partial charge in [0.25, 0.3) is 10.0 Å². The van der Waals surface area contributed by atoms with E-state index in [2.05, 4.69) is 20.3 Å². The SMILES string of the molecule is COc1ccc2c(S(=O)(=O)N3CCOCC3)nc(Nc3nc4ccccc4s3)nc2c1. The molecule has 0 atom stereocenters. The minimum absolute atomic E-state index is 0.0503. The molecule has 0 amide bonds. The lowest BCUT2D eigenvalue weighted by Crippen LogP contribution is -2.41. The van der Waals surface area contributed by atoms with Crippen LogP contribution in [0.15, 0.2) is 47.5 Å². The van der Waals surface area contributed by atoms with E-state index < -0.39 is 10.0 Å². The molecule has 1 aliphatic rings. The number of aromatic nitrogens is 3. The van der Waals surface area contributed by atoms with Crippen molar-refractivity contribution >= 4 is 53.6 Å². The van der Waals surface area contributed by atoms with Gasteiger partial charge in [-0.1, -0.05) is 23.5 Å². The number of ether oxygens (including phenoxy) is 2. The van der Waals surface area contributed by atoms with E-state index in [0.29, 0.717) is 35.0 Å². The molecule has 3 heterocycles. The Morgan fingerprint density at radius 1 is 1.06 bits per heavy atom. The third kappa shape index (κ3) is 3.81. The number of thiazole rings is 1. The Kier molecular flexibility index (Phi) is 5.18.